The molecule has 4 nitrogen and oxygen atoms in total. The van der Waals surface area contributed by atoms with Gasteiger partial charge in [-0.2, -0.15) is 0 Å². The summed E-state index contributed by atoms with van der Waals surface area (Å²) in [6, 6.07) is 18.7. The summed E-state index contributed by atoms with van der Waals surface area (Å²) in [5, 5.41) is 3.06. The number of aryl methyl sites for hydroxylation is 1. The first-order valence-corrected chi connectivity index (χ1v) is 9.56. The van der Waals surface area contributed by atoms with Crippen molar-refractivity contribution in [3.8, 4) is 0 Å². The predicted molar refractivity (Wildman–Crippen MR) is 108 cm³/mol. The molecule has 1 amide bonds. The van der Waals surface area contributed by atoms with Crippen LogP contribution < -0.4 is 10.2 Å². The van der Waals surface area contributed by atoms with Gasteiger partial charge in [0, 0.05) is 38.4 Å². The van der Waals surface area contributed by atoms with Gasteiger partial charge in [-0.1, -0.05) is 42.5 Å². The third-order valence-corrected chi connectivity index (χ3v) is 5.08. The molecule has 0 spiro atoms. The Morgan fingerprint density at radius 2 is 1.65 bits per heavy atom. The second-order valence-corrected chi connectivity index (χ2v) is 6.97. The van der Waals surface area contributed by atoms with Crippen molar-refractivity contribution in [3.05, 3.63) is 65.7 Å². The molecule has 0 unspecified atom stereocenters. The summed E-state index contributed by atoms with van der Waals surface area (Å²) < 4.78 is 0. The number of carbonyl (C=O) groups excluding carboxylic acids is 1. The van der Waals surface area contributed by atoms with Crippen LogP contribution in [0.2, 0.25) is 0 Å². The summed E-state index contributed by atoms with van der Waals surface area (Å²) in [6.07, 6.45) is 1.48. The molecule has 1 fully saturated rings. The quantitative estimate of drug-likeness (QED) is 0.779. The number of piperazine rings is 1. The molecule has 3 rings (SSSR count). The SMILES string of the molecule is Cc1ccccc1CC(=O)NCCCN1CCN(c2ccccc2)CC1. The molecule has 1 saturated heterocycles. The van der Waals surface area contributed by atoms with Gasteiger partial charge >= 0.3 is 0 Å². The number of hydrogen-bond donors (Lipinski definition) is 1. The number of nitrogens with one attached hydrogen (secondary N) is 1. The van der Waals surface area contributed by atoms with Crippen LogP contribution in [0, 0.1) is 6.92 Å². The summed E-state index contributed by atoms with van der Waals surface area (Å²) in [4.78, 5) is 17.0. The molecule has 2 aromatic carbocycles. The number of hydrogen-bond acceptors (Lipinski definition) is 3. The fourth-order valence-electron chi connectivity index (χ4n) is 3.44. The predicted octanol–water partition coefficient (Wildman–Crippen LogP) is 2.87. The van der Waals surface area contributed by atoms with Crippen LogP contribution >= 0.6 is 0 Å². The van der Waals surface area contributed by atoms with E-state index in [1.54, 1.807) is 0 Å². The molecule has 0 atom stereocenters. The minimum atomic E-state index is 0.119. The molecule has 1 N–H and O–H groups in total. The molecule has 1 heterocycles. The first-order chi connectivity index (χ1) is 12.7. The van der Waals surface area contributed by atoms with Gasteiger partial charge in [0.2, 0.25) is 5.91 Å². The summed E-state index contributed by atoms with van der Waals surface area (Å²) >= 11 is 0. The smallest absolute Gasteiger partial charge is 0.224 e. The first-order valence-electron chi connectivity index (χ1n) is 9.56. The Bertz CT molecular complexity index is 694. The lowest BCUT2D eigenvalue weighted by molar-refractivity contribution is -0.120. The van der Waals surface area contributed by atoms with E-state index in [0.717, 1.165) is 51.3 Å². The third-order valence-electron chi connectivity index (χ3n) is 5.08. The maximum atomic E-state index is 12.1. The number of para-hydroxylation sites is 1. The van der Waals surface area contributed by atoms with E-state index >= 15 is 0 Å². The third kappa shape index (κ3) is 5.33. The molecule has 138 valence electrons. The minimum Gasteiger partial charge on any atom is -0.369 e. The van der Waals surface area contributed by atoms with Crippen LogP contribution in [0.3, 0.4) is 0 Å². The molecule has 0 bridgehead atoms. The van der Waals surface area contributed by atoms with Crippen LogP contribution in [0.15, 0.2) is 54.6 Å². The topological polar surface area (TPSA) is 35.6 Å². The molecule has 1 aliphatic heterocycles. The van der Waals surface area contributed by atoms with Gasteiger partial charge in [-0.25, -0.2) is 0 Å². The van der Waals surface area contributed by atoms with Crippen molar-refractivity contribution >= 4 is 11.6 Å². The van der Waals surface area contributed by atoms with Crippen LogP contribution in [0.1, 0.15) is 17.5 Å². The van der Waals surface area contributed by atoms with Crippen LogP contribution in [-0.2, 0) is 11.2 Å². The molecule has 26 heavy (non-hydrogen) atoms. The summed E-state index contributed by atoms with van der Waals surface area (Å²) in [5.74, 6) is 0.119. The summed E-state index contributed by atoms with van der Waals surface area (Å²) in [5.41, 5.74) is 3.61. The maximum absolute atomic E-state index is 12.1. The number of carbonyl (C=O) groups is 1. The minimum absolute atomic E-state index is 0.119. The second-order valence-electron chi connectivity index (χ2n) is 6.97. The van der Waals surface area contributed by atoms with Crippen LogP contribution in [0.25, 0.3) is 0 Å². The largest absolute Gasteiger partial charge is 0.369 e. The number of nitrogens with zero attached hydrogens (tertiary/aromatic N) is 2. The van der Waals surface area contributed by atoms with Gasteiger partial charge in [-0.15, -0.1) is 0 Å². The zero-order chi connectivity index (χ0) is 18.2. The lowest BCUT2D eigenvalue weighted by Crippen LogP contribution is -2.47. The average Bonchev–Trinajstić information content (AvgIpc) is 2.68. The van der Waals surface area contributed by atoms with E-state index < -0.39 is 0 Å². The van der Waals surface area contributed by atoms with Crippen molar-refractivity contribution in [1.29, 1.82) is 0 Å². The van der Waals surface area contributed by atoms with E-state index in [4.69, 9.17) is 0 Å². The number of amides is 1. The van der Waals surface area contributed by atoms with Crippen LogP contribution in [0.5, 0.6) is 0 Å². The summed E-state index contributed by atoms with van der Waals surface area (Å²) in [7, 11) is 0. The molecular formula is C22H29N3O. The van der Waals surface area contributed by atoms with Gasteiger partial charge in [0.25, 0.3) is 0 Å². The zero-order valence-corrected chi connectivity index (χ0v) is 15.7. The second kappa shape index (κ2) is 9.39. The monoisotopic (exact) mass is 351 g/mol. The Hall–Kier alpha value is -2.33. The fourth-order valence-corrected chi connectivity index (χ4v) is 3.44. The van der Waals surface area contributed by atoms with E-state index in [9.17, 15) is 4.79 Å². The van der Waals surface area contributed by atoms with Crippen molar-refractivity contribution in [2.24, 2.45) is 0 Å². The van der Waals surface area contributed by atoms with E-state index in [1.807, 2.05) is 18.2 Å². The van der Waals surface area contributed by atoms with Gasteiger partial charge in [-0.05, 0) is 43.1 Å². The molecular weight excluding hydrogens is 322 g/mol. The molecule has 2 aromatic rings. The van der Waals surface area contributed by atoms with E-state index in [-0.39, 0.29) is 5.91 Å². The Labute approximate surface area is 156 Å². The van der Waals surface area contributed by atoms with Crippen molar-refractivity contribution < 1.29 is 4.79 Å². The molecule has 0 radical (unpaired) electrons. The van der Waals surface area contributed by atoms with E-state index in [0.29, 0.717) is 6.42 Å². The molecule has 1 aliphatic rings. The fraction of sp³-hybridized carbons (Fsp3) is 0.409. The van der Waals surface area contributed by atoms with Crippen molar-refractivity contribution in [2.45, 2.75) is 19.8 Å². The number of anilines is 1. The van der Waals surface area contributed by atoms with Gasteiger partial charge < -0.3 is 10.2 Å². The highest BCUT2D eigenvalue weighted by molar-refractivity contribution is 5.78. The zero-order valence-electron chi connectivity index (χ0n) is 15.7. The lowest BCUT2D eigenvalue weighted by Gasteiger charge is -2.36. The number of benzene rings is 2. The molecule has 0 saturated carbocycles. The van der Waals surface area contributed by atoms with Crippen molar-refractivity contribution in [3.63, 3.8) is 0 Å². The van der Waals surface area contributed by atoms with Crippen LogP contribution in [0.4, 0.5) is 5.69 Å². The van der Waals surface area contributed by atoms with Gasteiger partial charge in [0.05, 0.1) is 6.42 Å². The highest BCUT2D eigenvalue weighted by atomic mass is 16.1. The van der Waals surface area contributed by atoms with Crippen LogP contribution in [-0.4, -0.2) is 50.1 Å². The molecule has 0 aliphatic carbocycles. The van der Waals surface area contributed by atoms with Crippen molar-refractivity contribution in [2.75, 3.05) is 44.2 Å². The Kier molecular flexibility index (Phi) is 6.67. The molecule has 0 aromatic heterocycles. The van der Waals surface area contributed by atoms with Gasteiger partial charge in [0.15, 0.2) is 0 Å². The standard InChI is InChI=1S/C22H29N3O/c1-19-8-5-6-9-20(19)18-22(26)23-12-7-13-24-14-16-25(17-15-24)21-10-3-2-4-11-21/h2-6,8-11H,7,12-18H2,1H3,(H,23,26). The first kappa shape index (κ1) is 18.5. The lowest BCUT2D eigenvalue weighted by atomic mass is 10.1. The van der Waals surface area contributed by atoms with E-state index in [2.05, 4.69) is 58.4 Å². The van der Waals surface area contributed by atoms with E-state index in [1.165, 1.54) is 11.3 Å². The highest BCUT2D eigenvalue weighted by Crippen LogP contribution is 2.15. The Morgan fingerprint density at radius 3 is 2.38 bits per heavy atom. The maximum Gasteiger partial charge on any atom is 0.224 e. The van der Waals surface area contributed by atoms with Gasteiger partial charge in [0.1, 0.15) is 0 Å². The van der Waals surface area contributed by atoms with Crippen molar-refractivity contribution in [1.82, 2.24) is 10.2 Å². The normalized spacial score (nSPS) is 15.0. The highest BCUT2D eigenvalue weighted by Gasteiger charge is 2.16. The number of rotatable bonds is 7. The van der Waals surface area contributed by atoms with Gasteiger partial charge in [-0.3, -0.25) is 9.69 Å². The Balaban J connectivity index is 1.31. The molecule has 4 heteroatoms. The average molecular weight is 351 g/mol. The summed E-state index contributed by atoms with van der Waals surface area (Å²) in [6.45, 7) is 8.18. The Morgan fingerprint density at radius 1 is 0.962 bits per heavy atom.